The fraction of sp³-hybridized carbons (Fsp3) is 1.00. The van der Waals surface area contributed by atoms with Gasteiger partial charge in [0.2, 0.25) is 0 Å². The molecule has 0 bridgehead atoms. The van der Waals surface area contributed by atoms with Gasteiger partial charge in [0.05, 0.1) is 18.5 Å². The van der Waals surface area contributed by atoms with Gasteiger partial charge in [0.25, 0.3) is 0 Å². The average molecular weight is 292 g/mol. The van der Waals surface area contributed by atoms with Gasteiger partial charge >= 0.3 is 0 Å². The van der Waals surface area contributed by atoms with Crippen LogP contribution < -0.4 is 0 Å². The summed E-state index contributed by atoms with van der Waals surface area (Å²) < 4.78 is 11.5. The first-order valence-electron chi connectivity index (χ1n) is 7.84. The molecule has 0 fully saturated rings. The maximum atomic E-state index is 11.5. The summed E-state index contributed by atoms with van der Waals surface area (Å²) in [7, 11) is -0.973. The van der Waals surface area contributed by atoms with E-state index in [1.54, 1.807) is 0 Å². The van der Waals surface area contributed by atoms with Crippen LogP contribution >= 0.6 is 0 Å². The van der Waals surface area contributed by atoms with Gasteiger partial charge in [-0.2, -0.15) is 0 Å². The molecule has 0 amide bonds. The molecule has 0 aliphatic rings. The topological polar surface area (TPSA) is 57.5 Å². The SMILES string of the molecule is CCCCCCCCCCCCS(=O)CC(O)CO. The summed E-state index contributed by atoms with van der Waals surface area (Å²) in [5, 5.41) is 17.8. The molecule has 0 rings (SSSR count). The van der Waals surface area contributed by atoms with Gasteiger partial charge in [0, 0.05) is 16.6 Å². The van der Waals surface area contributed by atoms with E-state index in [2.05, 4.69) is 6.92 Å². The molecule has 0 aliphatic carbocycles. The summed E-state index contributed by atoms with van der Waals surface area (Å²) in [6.07, 6.45) is 11.9. The van der Waals surface area contributed by atoms with Gasteiger partial charge in [0.15, 0.2) is 0 Å². The minimum atomic E-state index is -0.973. The second-order valence-corrected chi connectivity index (χ2v) is 6.95. The Kier molecular flexibility index (Phi) is 14.5. The molecule has 4 heteroatoms. The van der Waals surface area contributed by atoms with Gasteiger partial charge in [-0.25, -0.2) is 0 Å². The van der Waals surface area contributed by atoms with Crippen LogP contribution in [0, 0.1) is 0 Å². The van der Waals surface area contributed by atoms with Crippen LogP contribution in [0.3, 0.4) is 0 Å². The number of hydrogen-bond acceptors (Lipinski definition) is 3. The summed E-state index contributed by atoms with van der Waals surface area (Å²) in [5.41, 5.74) is 0. The van der Waals surface area contributed by atoms with E-state index in [0.29, 0.717) is 5.75 Å². The highest BCUT2D eigenvalue weighted by Crippen LogP contribution is 2.10. The van der Waals surface area contributed by atoms with Gasteiger partial charge in [0.1, 0.15) is 0 Å². The first kappa shape index (κ1) is 19.1. The van der Waals surface area contributed by atoms with Crippen molar-refractivity contribution in [2.75, 3.05) is 18.1 Å². The molecule has 2 N–H and O–H groups in total. The molecule has 2 atom stereocenters. The van der Waals surface area contributed by atoms with E-state index < -0.39 is 16.9 Å². The van der Waals surface area contributed by atoms with Crippen LogP contribution in [0.1, 0.15) is 71.1 Å². The Morgan fingerprint density at radius 2 is 1.37 bits per heavy atom. The van der Waals surface area contributed by atoms with E-state index >= 15 is 0 Å². The van der Waals surface area contributed by atoms with Crippen molar-refractivity contribution >= 4 is 10.8 Å². The summed E-state index contributed by atoms with van der Waals surface area (Å²) in [6, 6.07) is 0. The Morgan fingerprint density at radius 3 is 1.84 bits per heavy atom. The lowest BCUT2D eigenvalue weighted by Gasteiger charge is -2.06. The Labute approximate surface area is 121 Å². The molecular weight excluding hydrogens is 260 g/mol. The van der Waals surface area contributed by atoms with Gasteiger partial charge in [-0.15, -0.1) is 0 Å². The van der Waals surface area contributed by atoms with Crippen LogP contribution in [-0.2, 0) is 10.8 Å². The van der Waals surface area contributed by atoms with Crippen molar-refractivity contribution in [2.45, 2.75) is 77.2 Å². The zero-order valence-corrected chi connectivity index (χ0v) is 13.3. The van der Waals surface area contributed by atoms with E-state index in [-0.39, 0.29) is 12.4 Å². The third-order valence-electron chi connectivity index (χ3n) is 3.31. The normalized spacial score (nSPS) is 14.5. The highest BCUT2D eigenvalue weighted by molar-refractivity contribution is 7.85. The number of aliphatic hydroxyl groups is 2. The quantitative estimate of drug-likeness (QED) is 0.484. The largest absolute Gasteiger partial charge is 0.394 e. The molecule has 0 aromatic carbocycles. The van der Waals surface area contributed by atoms with Crippen LogP contribution in [-0.4, -0.2) is 38.6 Å². The molecule has 3 nitrogen and oxygen atoms in total. The number of unbranched alkanes of at least 4 members (excludes halogenated alkanes) is 9. The third-order valence-corrected chi connectivity index (χ3v) is 4.82. The fourth-order valence-electron chi connectivity index (χ4n) is 2.10. The van der Waals surface area contributed by atoms with Crippen molar-refractivity contribution in [3.8, 4) is 0 Å². The predicted octanol–water partition coefficient (Wildman–Crippen LogP) is 3.01. The first-order valence-corrected chi connectivity index (χ1v) is 9.33. The number of rotatable bonds is 14. The minimum absolute atomic E-state index is 0.216. The van der Waals surface area contributed by atoms with Gasteiger partial charge < -0.3 is 10.2 Å². The lowest BCUT2D eigenvalue weighted by Crippen LogP contribution is -2.21. The highest BCUT2D eigenvalue weighted by atomic mass is 32.2. The number of hydrogen-bond donors (Lipinski definition) is 2. The van der Waals surface area contributed by atoms with Crippen molar-refractivity contribution in [3.05, 3.63) is 0 Å². The molecule has 116 valence electrons. The van der Waals surface area contributed by atoms with Crippen LogP contribution in [0.25, 0.3) is 0 Å². The molecule has 0 aromatic rings. The van der Waals surface area contributed by atoms with E-state index in [0.717, 1.165) is 12.8 Å². The lowest BCUT2D eigenvalue weighted by molar-refractivity contribution is 0.113. The fourth-order valence-corrected chi connectivity index (χ4v) is 3.33. The maximum Gasteiger partial charge on any atom is 0.0885 e. The molecule has 0 aliphatic heterocycles. The van der Waals surface area contributed by atoms with E-state index in [1.807, 2.05) is 0 Å². The predicted molar refractivity (Wildman–Crippen MR) is 82.8 cm³/mol. The van der Waals surface area contributed by atoms with E-state index in [4.69, 9.17) is 10.2 Å². The highest BCUT2D eigenvalue weighted by Gasteiger charge is 2.07. The summed E-state index contributed by atoms with van der Waals surface area (Å²) in [5.74, 6) is 0.876. The Bertz CT molecular complexity index is 210. The molecule has 0 saturated heterocycles. The van der Waals surface area contributed by atoms with Crippen LogP contribution in [0.5, 0.6) is 0 Å². The van der Waals surface area contributed by atoms with Gasteiger partial charge in [-0.3, -0.25) is 4.21 Å². The molecule has 0 spiro atoms. The van der Waals surface area contributed by atoms with E-state index in [1.165, 1.54) is 51.4 Å². The summed E-state index contributed by atoms with van der Waals surface area (Å²) >= 11 is 0. The van der Waals surface area contributed by atoms with Gasteiger partial charge in [-0.1, -0.05) is 64.7 Å². The Balaban J connectivity index is 3.16. The molecule has 0 heterocycles. The smallest absolute Gasteiger partial charge is 0.0885 e. The van der Waals surface area contributed by atoms with Crippen LogP contribution in [0.15, 0.2) is 0 Å². The van der Waals surface area contributed by atoms with E-state index in [9.17, 15) is 4.21 Å². The van der Waals surface area contributed by atoms with Crippen molar-refractivity contribution in [3.63, 3.8) is 0 Å². The zero-order chi connectivity index (χ0) is 14.3. The molecule has 0 radical (unpaired) electrons. The van der Waals surface area contributed by atoms with Crippen LogP contribution in [0.4, 0.5) is 0 Å². The molecule has 0 aromatic heterocycles. The first-order chi connectivity index (χ1) is 9.20. The molecule has 2 unspecified atom stereocenters. The number of aliphatic hydroxyl groups excluding tert-OH is 2. The van der Waals surface area contributed by atoms with Crippen molar-refractivity contribution in [1.82, 2.24) is 0 Å². The van der Waals surface area contributed by atoms with Crippen molar-refractivity contribution < 1.29 is 14.4 Å². The summed E-state index contributed by atoms with van der Waals surface area (Å²) in [4.78, 5) is 0. The standard InChI is InChI=1S/C15H32O3S/c1-2-3-4-5-6-7-8-9-10-11-12-19(18)14-15(17)13-16/h15-17H,2-14H2,1H3. The van der Waals surface area contributed by atoms with Crippen LogP contribution in [0.2, 0.25) is 0 Å². The molecule has 0 saturated carbocycles. The second-order valence-electron chi connectivity index (χ2n) is 5.33. The Morgan fingerprint density at radius 1 is 0.895 bits per heavy atom. The molecule has 19 heavy (non-hydrogen) atoms. The van der Waals surface area contributed by atoms with Crippen molar-refractivity contribution in [1.29, 1.82) is 0 Å². The average Bonchev–Trinajstić information content (AvgIpc) is 2.40. The minimum Gasteiger partial charge on any atom is -0.394 e. The monoisotopic (exact) mass is 292 g/mol. The Hall–Kier alpha value is 0.0700. The summed E-state index contributed by atoms with van der Waals surface area (Å²) in [6.45, 7) is 1.95. The molecular formula is C15H32O3S. The second kappa shape index (κ2) is 14.5. The third kappa shape index (κ3) is 14.3. The maximum absolute atomic E-state index is 11.5. The van der Waals surface area contributed by atoms with Crippen molar-refractivity contribution in [2.24, 2.45) is 0 Å². The van der Waals surface area contributed by atoms with Gasteiger partial charge in [-0.05, 0) is 6.42 Å². The lowest BCUT2D eigenvalue weighted by atomic mass is 10.1. The zero-order valence-electron chi connectivity index (χ0n) is 12.5.